The van der Waals surface area contributed by atoms with Crippen LogP contribution in [0.4, 0.5) is 8.78 Å². The van der Waals surface area contributed by atoms with Crippen molar-refractivity contribution in [2.45, 2.75) is 26.2 Å². The Morgan fingerprint density at radius 2 is 2.17 bits per heavy atom. The van der Waals surface area contributed by atoms with Gasteiger partial charge >= 0.3 is 0 Å². The lowest BCUT2D eigenvalue weighted by molar-refractivity contribution is 0.0534. The van der Waals surface area contributed by atoms with E-state index in [9.17, 15) is 13.6 Å². The molecule has 0 bridgehead atoms. The van der Waals surface area contributed by atoms with E-state index in [1.165, 1.54) is 0 Å². The summed E-state index contributed by atoms with van der Waals surface area (Å²) >= 11 is 5.76. The van der Waals surface area contributed by atoms with Crippen molar-refractivity contribution in [2.24, 2.45) is 0 Å². The monoisotopic (exact) mass is 275 g/mol. The van der Waals surface area contributed by atoms with Gasteiger partial charge < -0.3 is 4.90 Å². The third-order valence-corrected chi connectivity index (χ3v) is 3.01. The number of hydrogen-bond donors (Lipinski definition) is 0. The highest BCUT2D eigenvalue weighted by Crippen LogP contribution is 2.22. The van der Waals surface area contributed by atoms with Crippen molar-refractivity contribution in [1.82, 2.24) is 14.9 Å². The van der Waals surface area contributed by atoms with E-state index in [0.29, 0.717) is 29.8 Å². The highest BCUT2D eigenvalue weighted by atomic mass is 35.5. The molecule has 0 saturated heterocycles. The van der Waals surface area contributed by atoms with E-state index in [4.69, 9.17) is 11.6 Å². The predicted octanol–water partition coefficient (Wildman–Crippen LogP) is 1.96. The zero-order valence-electron chi connectivity index (χ0n) is 9.79. The summed E-state index contributed by atoms with van der Waals surface area (Å²) in [5.41, 5.74) is 1.42. The average Bonchev–Trinajstić information content (AvgIpc) is 2.31. The molecule has 0 saturated carbocycles. The zero-order valence-corrected chi connectivity index (χ0v) is 10.5. The molecule has 0 atom stereocenters. The molecule has 1 aromatic heterocycles. The van der Waals surface area contributed by atoms with Crippen molar-refractivity contribution in [3.05, 3.63) is 22.2 Å². The molecule has 1 aliphatic heterocycles. The summed E-state index contributed by atoms with van der Waals surface area (Å²) < 4.78 is 24.7. The number of nitrogens with zero attached hydrogens (tertiary/aromatic N) is 3. The van der Waals surface area contributed by atoms with Crippen molar-refractivity contribution < 1.29 is 13.6 Å². The molecule has 4 nitrogen and oxygen atoms in total. The largest absolute Gasteiger partial charge is 0.332 e. The minimum Gasteiger partial charge on any atom is -0.332 e. The van der Waals surface area contributed by atoms with E-state index < -0.39 is 18.9 Å². The Kier molecular flexibility index (Phi) is 3.75. The van der Waals surface area contributed by atoms with Gasteiger partial charge in [0.25, 0.3) is 12.3 Å². The van der Waals surface area contributed by atoms with E-state index >= 15 is 0 Å². The Balaban J connectivity index is 2.39. The van der Waals surface area contributed by atoms with Gasteiger partial charge in [-0.15, -0.1) is 0 Å². The molecule has 1 amide bonds. The minimum atomic E-state index is -2.53. The number of carbonyl (C=O) groups is 1. The fourth-order valence-electron chi connectivity index (χ4n) is 2.05. The van der Waals surface area contributed by atoms with Gasteiger partial charge in [-0.2, -0.15) is 0 Å². The van der Waals surface area contributed by atoms with E-state index in [0.717, 1.165) is 4.90 Å². The van der Waals surface area contributed by atoms with Crippen LogP contribution in [0.25, 0.3) is 0 Å². The summed E-state index contributed by atoms with van der Waals surface area (Å²) in [6.07, 6.45) is -1.59. The molecule has 0 aliphatic carbocycles. The van der Waals surface area contributed by atoms with Crippen LogP contribution in [0, 0.1) is 0 Å². The molecule has 2 rings (SSSR count). The van der Waals surface area contributed by atoms with Crippen LogP contribution >= 0.6 is 11.6 Å². The Bertz CT molecular complexity index is 464. The maximum atomic E-state index is 12.4. The Morgan fingerprint density at radius 1 is 1.44 bits per heavy atom. The van der Waals surface area contributed by atoms with Crippen molar-refractivity contribution >= 4 is 17.5 Å². The van der Waals surface area contributed by atoms with Crippen LogP contribution in [0.5, 0.6) is 0 Å². The highest BCUT2D eigenvalue weighted by Gasteiger charge is 2.30. The summed E-state index contributed by atoms with van der Waals surface area (Å²) in [5.74, 6) is -0.426. The van der Waals surface area contributed by atoms with Gasteiger partial charge in [-0.05, 0) is 18.0 Å². The van der Waals surface area contributed by atoms with E-state index in [-0.39, 0.29) is 11.8 Å². The SMILES string of the molecule is CCc1nc(Cl)nc2c1C(=O)N(CC(F)F)CC2. The van der Waals surface area contributed by atoms with Gasteiger partial charge in [0, 0.05) is 13.0 Å². The predicted molar refractivity (Wildman–Crippen MR) is 62.0 cm³/mol. The first-order valence-electron chi connectivity index (χ1n) is 5.65. The second-order valence-electron chi connectivity index (χ2n) is 4.01. The molecule has 0 N–H and O–H groups in total. The lowest BCUT2D eigenvalue weighted by Crippen LogP contribution is -2.41. The van der Waals surface area contributed by atoms with E-state index in [1.54, 1.807) is 0 Å². The molecule has 0 spiro atoms. The van der Waals surface area contributed by atoms with Crippen LogP contribution < -0.4 is 0 Å². The van der Waals surface area contributed by atoms with Crippen molar-refractivity contribution in [3.63, 3.8) is 0 Å². The third-order valence-electron chi connectivity index (χ3n) is 2.84. The first-order chi connectivity index (χ1) is 8.52. The van der Waals surface area contributed by atoms with E-state index in [2.05, 4.69) is 9.97 Å². The molecule has 18 heavy (non-hydrogen) atoms. The minimum absolute atomic E-state index is 0.0979. The molecule has 2 heterocycles. The average molecular weight is 276 g/mol. The van der Waals surface area contributed by atoms with Gasteiger partial charge in [-0.1, -0.05) is 6.92 Å². The summed E-state index contributed by atoms with van der Waals surface area (Å²) in [5, 5.41) is 0.0979. The van der Waals surface area contributed by atoms with Gasteiger partial charge in [0.15, 0.2) is 0 Å². The van der Waals surface area contributed by atoms with Crippen molar-refractivity contribution in [2.75, 3.05) is 13.1 Å². The fourth-order valence-corrected chi connectivity index (χ4v) is 2.26. The third kappa shape index (κ3) is 2.43. The van der Waals surface area contributed by atoms with Gasteiger partial charge in [-0.3, -0.25) is 4.79 Å². The number of alkyl halides is 2. The van der Waals surface area contributed by atoms with Crippen LogP contribution in [-0.2, 0) is 12.8 Å². The number of fused-ring (bicyclic) bond motifs is 1. The molecular formula is C11H12ClF2N3O. The van der Waals surface area contributed by atoms with Crippen molar-refractivity contribution in [1.29, 1.82) is 0 Å². The molecular weight excluding hydrogens is 264 g/mol. The number of hydrogen-bond acceptors (Lipinski definition) is 3. The molecule has 98 valence electrons. The summed E-state index contributed by atoms with van der Waals surface area (Å²) in [6, 6.07) is 0. The molecule has 0 fully saturated rings. The topological polar surface area (TPSA) is 46.1 Å². The quantitative estimate of drug-likeness (QED) is 0.792. The van der Waals surface area contributed by atoms with E-state index in [1.807, 2.05) is 6.92 Å². The molecule has 1 aromatic rings. The highest BCUT2D eigenvalue weighted by molar-refractivity contribution is 6.28. The summed E-state index contributed by atoms with van der Waals surface area (Å²) in [7, 11) is 0. The zero-order chi connectivity index (χ0) is 13.3. The normalized spacial score (nSPS) is 15.2. The maximum absolute atomic E-state index is 12.4. The van der Waals surface area contributed by atoms with Crippen LogP contribution in [0.15, 0.2) is 0 Å². The first-order valence-corrected chi connectivity index (χ1v) is 6.03. The van der Waals surface area contributed by atoms with Crippen LogP contribution in [0.2, 0.25) is 5.28 Å². The molecule has 0 radical (unpaired) electrons. The van der Waals surface area contributed by atoms with Crippen molar-refractivity contribution in [3.8, 4) is 0 Å². The molecule has 1 aliphatic rings. The summed E-state index contributed by atoms with van der Waals surface area (Å²) in [4.78, 5) is 21.2. The smallest absolute Gasteiger partial charge is 0.257 e. The number of halogens is 3. The molecule has 0 unspecified atom stereocenters. The number of amides is 1. The van der Waals surface area contributed by atoms with Crippen LogP contribution in [0.3, 0.4) is 0 Å². The molecule has 0 aromatic carbocycles. The maximum Gasteiger partial charge on any atom is 0.257 e. The Morgan fingerprint density at radius 3 is 2.78 bits per heavy atom. The standard InChI is InChI=1S/C11H12ClF2N3O/c1-2-6-9-7(16-11(12)15-6)3-4-17(10(9)18)5-8(13)14/h8H,2-5H2,1H3. The van der Waals surface area contributed by atoms with Gasteiger partial charge in [0.05, 0.1) is 23.5 Å². The lowest BCUT2D eigenvalue weighted by atomic mass is 10.0. The fraction of sp³-hybridized carbons (Fsp3) is 0.545. The Labute approximate surface area is 108 Å². The number of carbonyl (C=O) groups excluding carboxylic acids is 1. The van der Waals surface area contributed by atoms with Crippen LogP contribution in [-0.4, -0.2) is 40.3 Å². The second kappa shape index (κ2) is 5.14. The molecule has 7 heteroatoms. The van der Waals surface area contributed by atoms with Gasteiger partial charge in [0.1, 0.15) is 0 Å². The van der Waals surface area contributed by atoms with Gasteiger partial charge in [-0.25, -0.2) is 18.7 Å². The number of aryl methyl sites for hydroxylation is 1. The lowest BCUT2D eigenvalue weighted by Gasteiger charge is -2.28. The Hall–Kier alpha value is -1.30. The first kappa shape index (κ1) is 13.1. The second-order valence-corrected chi connectivity index (χ2v) is 4.34. The summed E-state index contributed by atoms with van der Waals surface area (Å²) in [6.45, 7) is 1.52. The van der Waals surface area contributed by atoms with Gasteiger partial charge in [0.2, 0.25) is 5.28 Å². The number of aromatic nitrogens is 2. The van der Waals surface area contributed by atoms with Crippen LogP contribution in [0.1, 0.15) is 28.7 Å². The number of rotatable bonds is 3.